The second-order valence-corrected chi connectivity index (χ2v) is 3.83. The first-order chi connectivity index (χ1) is 9.35. The number of alkyl halides is 3. The molecule has 0 N–H and O–H groups in total. The summed E-state index contributed by atoms with van der Waals surface area (Å²) in [7, 11) is 1.33. The van der Waals surface area contributed by atoms with E-state index in [4.69, 9.17) is 9.47 Å². The number of rotatable bonds is 6. The van der Waals surface area contributed by atoms with Crippen molar-refractivity contribution < 1.29 is 32.2 Å². The normalized spacial score (nSPS) is 11.1. The highest BCUT2D eigenvalue weighted by molar-refractivity contribution is 5.69. The number of halogens is 3. The lowest BCUT2D eigenvalue weighted by Crippen LogP contribution is -2.17. The van der Waals surface area contributed by atoms with Crippen LogP contribution in [0.3, 0.4) is 0 Å². The molecule has 0 amide bonds. The summed E-state index contributed by atoms with van der Waals surface area (Å²) in [6, 6.07) is 3.74. The van der Waals surface area contributed by atoms with Crippen LogP contribution in [0.2, 0.25) is 0 Å². The third-order valence-corrected chi connectivity index (χ3v) is 2.40. The minimum atomic E-state index is -4.75. The molecule has 0 saturated carbocycles. The van der Waals surface area contributed by atoms with Gasteiger partial charge in [0.1, 0.15) is 11.5 Å². The molecule has 0 aromatic heterocycles. The number of hydrogen-bond acceptors (Lipinski definition) is 4. The number of ether oxygens (including phenoxy) is 3. The Morgan fingerprint density at radius 1 is 1.30 bits per heavy atom. The van der Waals surface area contributed by atoms with Gasteiger partial charge in [-0.15, -0.1) is 13.2 Å². The van der Waals surface area contributed by atoms with E-state index in [1.54, 1.807) is 6.92 Å². The van der Waals surface area contributed by atoms with Gasteiger partial charge in [0, 0.05) is 12.5 Å². The zero-order valence-corrected chi connectivity index (χ0v) is 11.1. The second kappa shape index (κ2) is 7.02. The maximum absolute atomic E-state index is 12.1. The summed E-state index contributed by atoms with van der Waals surface area (Å²) in [5.41, 5.74) is 0.607. The van der Waals surface area contributed by atoms with Gasteiger partial charge >= 0.3 is 12.3 Å². The summed E-state index contributed by atoms with van der Waals surface area (Å²) in [6.45, 7) is 1.98. The molecule has 0 aliphatic rings. The molecule has 0 radical (unpaired) electrons. The molecule has 0 aliphatic carbocycles. The molecule has 0 saturated heterocycles. The van der Waals surface area contributed by atoms with Gasteiger partial charge in [-0.3, -0.25) is 4.79 Å². The Kier molecular flexibility index (Phi) is 5.66. The van der Waals surface area contributed by atoms with Crippen LogP contribution in [0.1, 0.15) is 18.9 Å². The van der Waals surface area contributed by atoms with E-state index < -0.39 is 6.36 Å². The topological polar surface area (TPSA) is 44.8 Å². The van der Waals surface area contributed by atoms with E-state index in [9.17, 15) is 18.0 Å². The number of benzene rings is 1. The standard InChI is InChI=1S/C13H15F3O4/c1-3-19-12(17)7-5-9-4-6-10(8-11(9)18-2)20-13(14,15)16/h4,6,8H,3,5,7H2,1-2H3. The molecule has 0 heterocycles. The van der Waals surface area contributed by atoms with Gasteiger partial charge < -0.3 is 14.2 Å². The lowest BCUT2D eigenvalue weighted by atomic mass is 10.1. The van der Waals surface area contributed by atoms with Crippen LogP contribution in [0, 0.1) is 0 Å². The van der Waals surface area contributed by atoms with Crippen molar-refractivity contribution in [2.45, 2.75) is 26.1 Å². The number of methoxy groups -OCH3 is 1. The minimum Gasteiger partial charge on any atom is -0.496 e. The van der Waals surface area contributed by atoms with Gasteiger partial charge in [-0.2, -0.15) is 0 Å². The Morgan fingerprint density at radius 2 is 2.00 bits per heavy atom. The van der Waals surface area contributed by atoms with Crippen LogP contribution in [-0.4, -0.2) is 26.0 Å². The third-order valence-electron chi connectivity index (χ3n) is 2.40. The van der Waals surface area contributed by atoms with E-state index in [0.29, 0.717) is 12.0 Å². The number of aryl methyl sites for hydroxylation is 1. The van der Waals surface area contributed by atoms with Crippen LogP contribution in [0.4, 0.5) is 13.2 Å². The molecule has 20 heavy (non-hydrogen) atoms. The molecule has 1 rings (SSSR count). The van der Waals surface area contributed by atoms with Crippen molar-refractivity contribution in [2.24, 2.45) is 0 Å². The van der Waals surface area contributed by atoms with Gasteiger partial charge in [0.05, 0.1) is 13.7 Å². The number of carbonyl (C=O) groups excluding carboxylic acids is 1. The molecule has 0 unspecified atom stereocenters. The van der Waals surface area contributed by atoms with Gasteiger partial charge in [0.25, 0.3) is 0 Å². The predicted octanol–water partition coefficient (Wildman–Crippen LogP) is 3.09. The lowest BCUT2D eigenvalue weighted by Gasteiger charge is -2.12. The molecule has 0 atom stereocenters. The fourth-order valence-corrected chi connectivity index (χ4v) is 1.60. The molecule has 4 nitrogen and oxygen atoms in total. The second-order valence-electron chi connectivity index (χ2n) is 3.83. The van der Waals surface area contributed by atoms with E-state index in [-0.39, 0.29) is 30.5 Å². The van der Waals surface area contributed by atoms with Crippen molar-refractivity contribution >= 4 is 5.97 Å². The Morgan fingerprint density at radius 3 is 2.55 bits per heavy atom. The molecule has 112 valence electrons. The fraction of sp³-hybridized carbons (Fsp3) is 0.462. The largest absolute Gasteiger partial charge is 0.573 e. The Hall–Kier alpha value is -1.92. The van der Waals surface area contributed by atoms with Crippen LogP contribution < -0.4 is 9.47 Å². The molecular formula is C13H15F3O4. The first-order valence-corrected chi connectivity index (χ1v) is 5.94. The molecule has 7 heteroatoms. The average molecular weight is 292 g/mol. The molecule has 0 fully saturated rings. The zero-order valence-electron chi connectivity index (χ0n) is 11.1. The van der Waals surface area contributed by atoms with Crippen LogP contribution in [-0.2, 0) is 16.0 Å². The van der Waals surface area contributed by atoms with Crippen molar-refractivity contribution in [1.29, 1.82) is 0 Å². The van der Waals surface area contributed by atoms with Gasteiger partial charge in [0.2, 0.25) is 0 Å². The molecule has 0 spiro atoms. The highest BCUT2D eigenvalue weighted by atomic mass is 19.4. The Labute approximate surface area is 114 Å². The van der Waals surface area contributed by atoms with Crippen molar-refractivity contribution in [3.8, 4) is 11.5 Å². The van der Waals surface area contributed by atoms with Crippen LogP contribution in [0.25, 0.3) is 0 Å². The maximum Gasteiger partial charge on any atom is 0.573 e. The Bertz CT molecular complexity index is 457. The summed E-state index contributed by atoms with van der Waals surface area (Å²) in [5.74, 6) is -0.504. The van der Waals surface area contributed by atoms with E-state index in [0.717, 1.165) is 6.07 Å². The monoisotopic (exact) mass is 292 g/mol. The third kappa shape index (κ3) is 5.38. The van der Waals surface area contributed by atoms with Gasteiger partial charge in [0.15, 0.2) is 0 Å². The summed E-state index contributed by atoms with van der Waals surface area (Å²) in [4.78, 5) is 11.2. The molecular weight excluding hydrogens is 277 g/mol. The van der Waals surface area contributed by atoms with Crippen molar-refractivity contribution in [3.05, 3.63) is 23.8 Å². The average Bonchev–Trinajstić information content (AvgIpc) is 2.35. The van der Waals surface area contributed by atoms with Crippen molar-refractivity contribution in [1.82, 2.24) is 0 Å². The summed E-state index contributed by atoms with van der Waals surface area (Å²) in [5, 5.41) is 0. The van der Waals surface area contributed by atoms with Crippen molar-refractivity contribution in [2.75, 3.05) is 13.7 Å². The molecule has 0 aliphatic heterocycles. The first kappa shape index (κ1) is 16.1. The zero-order chi connectivity index (χ0) is 15.2. The quantitative estimate of drug-likeness (QED) is 0.756. The summed E-state index contributed by atoms with van der Waals surface area (Å²) in [6.07, 6.45) is -4.31. The minimum absolute atomic E-state index is 0.129. The van der Waals surface area contributed by atoms with Crippen LogP contribution >= 0.6 is 0 Å². The molecule has 0 bridgehead atoms. The van der Waals surface area contributed by atoms with Crippen LogP contribution in [0.5, 0.6) is 11.5 Å². The number of esters is 1. The highest BCUT2D eigenvalue weighted by Crippen LogP contribution is 2.29. The van der Waals surface area contributed by atoms with Crippen molar-refractivity contribution in [3.63, 3.8) is 0 Å². The molecule has 1 aromatic rings. The van der Waals surface area contributed by atoms with E-state index in [1.807, 2.05) is 0 Å². The summed E-state index contributed by atoms with van der Waals surface area (Å²) < 4.78 is 49.8. The van der Waals surface area contributed by atoms with E-state index >= 15 is 0 Å². The smallest absolute Gasteiger partial charge is 0.496 e. The summed E-state index contributed by atoms with van der Waals surface area (Å²) >= 11 is 0. The number of carbonyl (C=O) groups is 1. The SMILES string of the molecule is CCOC(=O)CCc1ccc(OC(F)(F)F)cc1OC. The maximum atomic E-state index is 12.1. The molecule has 1 aromatic carbocycles. The fourth-order valence-electron chi connectivity index (χ4n) is 1.60. The Balaban J connectivity index is 2.75. The van der Waals surface area contributed by atoms with E-state index in [2.05, 4.69) is 4.74 Å². The van der Waals surface area contributed by atoms with Gasteiger partial charge in [-0.1, -0.05) is 6.07 Å². The lowest BCUT2D eigenvalue weighted by molar-refractivity contribution is -0.274. The van der Waals surface area contributed by atoms with Gasteiger partial charge in [-0.25, -0.2) is 0 Å². The number of hydrogen-bond donors (Lipinski definition) is 0. The van der Waals surface area contributed by atoms with Crippen LogP contribution in [0.15, 0.2) is 18.2 Å². The highest BCUT2D eigenvalue weighted by Gasteiger charge is 2.31. The van der Waals surface area contributed by atoms with E-state index in [1.165, 1.54) is 19.2 Å². The predicted molar refractivity (Wildman–Crippen MR) is 64.6 cm³/mol. The van der Waals surface area contributed by atoms with Gasteiger partial charge in [-0.05, 0) is 25.0 Å². The first-order valence-electron chi connectivity index (χ1n) is 5.94.